The Morgan fingerprint density at radius 3 is 0.946 bits per heavy atom. The number of esters is 3. The largest absolute Gasteiger partial charge is 0.472 e. The molecule has 12 heteroatoms. The van der Waals surface area contributed by atoms with E-state index in [1.165, 1.54) is 161 Å². The van der Waals surface area contributed by atoms with Crippen LogP contribution in [-0.4, -0.2) is 66.5 Å². The molecule has 74 heavy (non-hydrogen) atoms. The van der Waals surface area contributed by atoms with Gasteiger partial charge in [0.15, 0.2) is 6.10 Å². The van der Waals surface area contributed by atoms with Crippen molar-refractivity contribution in [1.82, 2.24) is 0 Å². The molecule has 0 saturated heterocycles. The number of hydrogen-bond acceptors (Lipinski definition) is 10. The first-order valence-corrected chi connectivity index (χ1v) is 32.7. The molecule has 0 radical (unpaired) electrons. The van der Waals surface area contributed by atoms with Gasteiger partial charge in [-0.15, -0.1) is 0 Å². The van der Waals surface area contributed by atoms with Gasteiger partial charge in [0, 0.05) is 19.3 Å². The molecule has 0 rings (SSSR count). The Bertz CT molecular complexity index is 1340. The van der Waals surface area contributed by atoms with E-state index in [9.17, 15) is 28.9 Å². The van der Waals surface area contributed by atoms with Crippen molar-refractivity contribution < 1.29 is 52.2 Å². The van der Waals surface area contributed by atoms with Gasteiger partial charge in [-0.2, -0.15) is 0 Å². The topological polar surface area (TPSA) is 155 Å². The Morgan fingerprint density at radius 2 is 0.622 bits per heavy atom. The minimum atomic E-state index is -4.75. The Hall–Kier alpha value is -2.04. The number of phosphoric acid groups is 1. The van der Waals surface area contributed by atoms with Crippen LogP contribution < -0.4 is 0 Å². The maximum Gasteiger partial charge on any atom is 0.472 e. The lowest BCUT2D eigenvalue weighted by Gasteiger charge is -2.21. The quantitative estimate of drug-likeness (QED) is 0.0197. The fourth-order valence-corrected chi connectivity index (χ4v) is 9.84. The number of ether oxygens (including phenoxy) is 3. The van der Waals surface area contributed by atoms with Crippen LogP contribution in [0.15, 0.2) is 24.3 Å². The van der Waals surface area contributed by atoms with Crippen molar-refractivity contribution in [1.29, 1.82) is 0 Å². The van der Waals surface area contributed by atoms with Crippen molar-refractivity contribution in [2.45, 2.75) is 328 Å². The maximum atomic E-state index is 12.9. The first-order chi connectivity index (χ1) is 36.2. The van der Waals surface area contributed by atoms with Gasteiger partial charge in [0.2, 0.25) is 0 Å². The average molecular weight is 1070 g/mol. The fourth-order valence-electron chi connectivity index (χ4n) is 9.05. The molecule has 436 valence electrons. The van der Waals surface area contributed by atoms with Gasteiger partial charge < -0.3 is 24.2 Å². The summed E-state index contributed by atoms with van der Waals surface area (Å²) in [5, 5.41) is 9.83. The number of phosphoric ester groups is 1. The van der Waals surface area contributed by atoms with E-state index in [4.69, 9.17) is 23.3 Å². The molecule has 0 spiro atoms. The van der Waals surface area contributed by atoms with E-state index in [1.807, 2.05) is 0 Å². The van der Waals surface area contributed by atoms with Crippen LogP contribution in [0.2, 0.25) is 0 Å². The molecular formula is C62H117O11P. The van der Waals surface area contributed by atoms with Crippen LogP contribution in [0.5, 0.6) is 0 Å². The zero-order valence-electron chi connectivity index (χ0n) is 48.3. The maximum absolute atomic E-state index is 12.9. The molecule has 0 amide bonds. The van der Waals surface area contributed by atoms with Crippen LogP contribution >= 0.6 is 7.82 Å². The highest BCUT2D eigenvalue weighted by molar-refractivity contribution is 7.47. The third-order valence-corrected chi connectivity index (χ3v) is 14.8. The summed E-state index contributed by atoms with van der Waals surface area (Å²) >= 11 is 0. The zero-order valence-corrected chi connectivity index (χ0v) is 49.2. The molecule has 0 aromatic rings. The lowest BCUT2D eigenvalue weighted by molar-refractivity contribution is -0.161. The highest BCUT2D eigenvalue weighted by Crippen LogP contribution is 2.43. The standard InChI is InChI=1S/C62H117O11P/c1-4-7-10-13-16-19-22-25-27-28-29-30-32-35-38-41-44-47-50-53-62(66)73-59(55-69-60(64)51-48-45-42-39-36-33-24-21-18-15-12-9-6-3)57-71-74(67,68)70-56-58(54-63)72-61(65)52-49-46-43-40-37-34-31-26-23-20-17-14-11-8-5-2/h21,24,26,31,58-59,63H,4-20,22-23,25,27-30,32-57H2,1-3H3,(H,67,68)/b24-21-,31-26-. The molecule has 0 heterocycles. The van der Waals surface area contributed by atoms with E-state index < -0.39 is 57.8 Å². The Morgan fingerprint density at radius 1 is 0.365 bits per heavy atom. The third kappa shape index (κ3) is 54.7. The molecule has 0 aliphatic rings. The van der Waals surface area contributed by atoms with Gasteiger partial charge in [-0.25, -0.2) is 4.57 Å². The predicted octanol–water partition coefficient (Wildman–Crippen LogP) is 18.6. The molecular weight excluding hydrogens is 952 g/mol. The summed E-state index contributed by atoms with van der Waals surface area (Å²) < 4.78 is 39.6. The van der Waals surface area contributed by atoms with Crippen molar-refractivity contribution in [2.75, 3.05) is 26.4 Å². The van der Waals surface area contributed by atoms with Crippen LogP contribution in [0.25, 0.3) is 0 Å². The number of aliphatic hydroxyl groups is 1. The van der Waals surface area contributed by atoms with Gasteiger partial charge in [0.1, 0.15) is 12.7 Å². The number of carbonyl (C=O) groups is 3. The molecule has 3 unspecified atom stereocenters. The van der Waals surface area contributed by atoms with E-state index in [0.29, 0.717) is 19.3 Å². The number of carbonyl (C=O) groups excluding carboxylic acids is 3. The summed E-state index contributed by atoms with van der Waals surface area (Å²) in [5.41, 5.74) is 0. The van der Waals surface area contributed by atoms with E-state index in [-0.39, 0.29) is 25.9 Å². The molecule has 0 aromatic carbocycles. The lowest BCUT2D eigenvalue weighted by Crippen LogP contribution is -2.30. The monoisotopic (exact) mass is 1070 g/mol. The molecule has 2 N–H and O–H groups in total. The van der Waals surface area contributed by atoms with E-state index in [2.05, 4.69) is 45.1 Å². The number of rotatable bonds is 59. The van der Waals surface area contributed by atoms with Crippen molar-refractivity contribution in [3.8, 4) is 0 Å². The second-order valence-electron chi connectivity index (χ2n) is 21.2. The average Bonchev–Trinajstić information content (AvgIpc) is 3.39. The first-order valence-electron chi connectivity index (χ1n) is 31.2. The first kappa shape index (κ1) is 72.0. The molecule has 11 nitrogen and oxygen atoms in total. The second kappa shape index (κ2) is 57.1. The molecule has 0 aromatic heterocycles. The van der Waals surface area contributed by atoms with Gasteiger partial charge in [0.05, 0.1) is 19.8 Å². The van der Waals surface area contributed by atoms with Gasteiger partial charge in [-0.1, -0.05) is 251 Å². The molecule has 3 atom stereocenters. The van der Waals surface area contributed by atoms with Crippen molar-refractivity contribution in [2.24, 2.45) is 0 Å². The van der Waals surface area contributed by atoms with E-state index >= 15 is 0 Å². The van der Waals surface area contributed by atoms with Crippen molar-refractivity contribution >= 4 is 25.7 Å². The van der Waals surface area contributed by atoms with Gasteiger partial charge in [-0.3, -0.25) is 23.4 Å². The fraction of sp³-hybridized carbons (Fsp3) is 0.887. The molecule has 0 aliphatic heterocycles. The van der Waals surface area contributed by atoms with E-state index in [0.717, 1.165) is 96.3 Å². The number of aliphatic hydroxyl groups excluding tert-OH is 1. The molecule has 0 bridgehead atoms. The van der Waals surface area contributed by atoms with Crippen LogP contribution in [0.1, 0.15) is 316 Å². The van der Waals surface area contributed by atoms with Crippen LogP contribution in [0.4, 0.5) is 0 Å². The number of hydrogen-bond donors (Lipinski definition) is 2. The Balaban J connectivity index is 4.65. The van der Waals surface area contributed by atoms with Crippen molar-refractivity contribution in [3.05, 3.63) is 24.3 Å². The zero-order chi connectivity index (χ0) is 54.1. The van der Waals surface area contributed by atoms with Crippen LogP contribution in [0, 0.1) is 0 Å². The predicted molar refractivity (Wildman–Crippen MR) is 307 cm³/mol. The van der Waals surface area contributed by atoms with Gasteiger partial charge in [-0.05, 0) is 70.6 Å². The van der Waals surface area contributed by atoms with Crippen LogP contribution in [0.3, 0.4) is 0 Å². The molecule has 0 aliphatic carbocycles. The molecule has 0 saturated carbocycles. The smallest absolute Gasteiger partial charge is 0.462 e. The summed E-state index contributed by atoms with van der Waals surface area (Å²) in [5.74, 6) is -1.46. The summed E-state index contributed by atoms with van der Waals surface area (Å²) in [6.07, 6.45) is 58.4. The summed E-state index contributed by atoms with van der Waals surface area (Å²) in [6, 6.07) is 0. The van der Waals surface area contributed by atoms with Crippen LogP contribution in [-0.2, 0) is 42.2 Å². The normalized spacial score (nSPS) is 13.4. The Labute approximate surface area is 455 Å². The summed E-state index contributed by atoms with van der Waals surface area (Å²) in [7, 11) is -4.75. The van der Waals surface area contributed by atoms with Gasteiger partial charge >= 0.3 is 25.7 Å². The highest BCUT2D eigenvalue weighted by Gasteiger charge is 2.28. The number of unbranched alkanes of at least 4 members (excludes halogenated alkanes) is 38. The second-order valence-corrected chi connectivity index (χ2v) is 22.7. The SMILES string of the molecule is CCCCCC/C=C\CCCCCCCC(=O)OCC(COP(=O)(O)OCC(CO)OC(=O)CCCCCCC/C=C\CCCCCCCC)OC(=O)CCCCCCCCCCCCCCCCCCCCC. The summed E-state index contributed by atoms with van der Waals surface area (Å²) in [4.78, 5) is 48.6. The van der Waals surface area contributed by atoms with E-state index in [1.54, 1.807) is 0 Å². The van der Waals surface area contributed by atoms with Gasteiger partial charge in [0.25, 0.3) is 0 Å². The Kier molecular flexibility index (Phi) is 55.6. The summed E-state index contributed by atoms with van der Waals surface area (Å²) in [6.45, 7) is 4.67. The minimum absolute atomic E-state index is 0.171. The minimum Gasteiger partial charge on any atom is -0.462 e. The highest BCUT2D eigenvalue weighted by atomic mass is 31.2. The lowest BCUT2D eigenvalue weighted by atomic mass is 10.0. The number of allylic oxidation sites excluding steroid dienone is 4. The third-order valence-electron chi connectivity index (χ3n) is 13.8. The van der Waals surface area contributed by atoms with Crippen molar-refractivity contribution in [3.63, 3.8) is 0 Å². The molecule has 0 fully saturated rings.